The number of carbonyl (C=O) groups is 11. The van der Waals surface area contributed by atoms with Crippen molar-refractivity contribution in [2.75, 3.05) is 7.11 Å². The zero-order chi connectivity index (χ0) is 54.8. The topological polar surface area (TPSA) is 398 Å². The first kappa shape index (κ1) is 72.4. The first-order valence-electron chi connectivity index (χ1n) is 23.0. The van der Waals surface area contributed by atoms with E-state index in [9.17, 15) is 93.6 Å². The maximum atomic E-state index is 12.0. The van der Waals surface area contributed by atoms with Crippen LogP contribution in [0.25, 0.3) is 0 Å². The second kappa shape index (κ2) is 35.9. The maximum Gasteiger partial charge on any atom is 0.330 e. The summed E-state index contributed by atoms with van der Waals surface area (Å²) in [6, 6.07) is 0. The third-order valence-corrected chi connectivity index (χ3v) is 12.5. The van der Waals surface area contributed by atoms with E-state index < -0.39 is 158 Å². The van der Waals surface area contributed by atoms with Gasteiger partial charge in [0, 0.05) is 12.5 Å². The van der Waals surface area contributed by atoms with Gasteiger partial charge in [-0.1, -0.05) is 56.1 Å². The quantitative estimate of drug-likeness (QED) is 0.0219. The van der Waals surface area contributed by atoms with Crippen molar-refractivity contribution in [3.63, 3.8) is 0 Å². The number of aliphatic hydroxyl groups is 1. The van der Waals surface area contributed by atoms with Crippen LogP contribution in [0.3, 0.4) is 0 Å². The number of methoxy groups -OCH3 is 1. The molecule has 1 saturated carbocycles. The van der Waals surface area contributed by atoms with Crippen molar-refractivity contribution in [3.8, 4) is 0 Å². The summed E-state index contributed by atoms with van der Waals surface area (Å²) in [5, 5.41) is 85.9. The number of carbonyl (C=O) groups excluding carboxylic acids is 3. The molecule has 1 fully saturated rings. The first-order valence-corrected chi connectivity index (χ1v) is 23.0. The van der Waals surface area contributed by atoms with Crippen molar-refractivity contribution in [1.82, 2.24) is 0 Å². The van der Waals surface area contributed by atoms with Crippen molar-refractivity contribution < 1.29 is 113 Å². The fourth-order valence-corrected chi connectivity index (χ4v) is 7.21. The summed E-state index contributed by atoms with van der Waals surface area (Å²) in [5.41, 5.74) is -0.311. The Morgan fingerprint density at radius 3 is 1.14 bits per heavy atom. The van der Waals surface area contributed by atoms with Crippen molar-refractivity contribution >= 4 is 65.7 Å². The Kier molecular flexibility index (Phi) is 36.1. The maximum absolute atomic E-state index is 12.0. The molecule has 0 aromatic rings. The Bertz CT molecular complexity index is 1790. The van der Waals surface area contributed by atoms with Crippen molar-refractivity contribution in [2.45, 2.75) is 165 Å². The number of ether oxygens (including phenoxy) is 3. The van der Waals surface area contributed by atoms with Gasteiger partial charge in [0.2, 0.25) is 0 Å². The van der Waals surface area contributed by atoms with Gasteiger partial charge in [-0.3, -0.25) is 47.9 Å². The highest BCUT2D eigenvalue weighted by Gasteiger charge is 2.39. The summed E-state index contributed by atoms with van der Waals surface area (Å²) in [6.45, 7) is 15.5. The zero-order valence-corrected chi connectivity index (χ0v) is 41.1. The Balaban J connectivity index is -0.000000630. The lowest BCUT2D eigenvalue weighted by Gasteiger charge is -2.32. The molecule has 0 aromatic carbocycles. The Labute approximate surface area is 421 Å². The minimum Gasteiger partial charge on any atom is -0.481 e. The average Bonchev–Trinajstić information content (AvgIpc) is 3.28. The van der Waals surface area contributed by atoms with Gasteiger partial charge in [0.05, 0.1) is 71.9 Å². The minimum absolute atomic E-state index is 0. The van der Waals surface area contributed by atoms with E-state index >= 15 is 0 Å². The fraction of sp³-hybridized carbons (Fsp3) is 0.735. The van der Waals surface area contributed by atoms with E-state index in [2.05, 4.69) is 11.3 Å². The molecule has 1 aliphatic carbocycles. The van der Waals surface area contributed by atoms with E-state index in [1.54, 1.807) is 6.92 Å². The lowest BCUT2D eigenvalue weighted by atomic mass is 9.77. The molecule has 23 heteroatoms. The lowest BCUT2D eigenvalue weighted by molar-refractivity contribution is -0.169. The molecule has 0 saturated heterocycles. The minimum atomic E-state index is -1.69. The highest BCUT2D eigenvalue weighted by atomic mass is 16.6. The van der Waals surface area contributed by atoms with Gasteiger partial charge in [0.15, 0.2) is 0 Å². The monoisotopic (exact) mass is 1040 g/mol. The summed E-state index contributed by atoms with van der Waals surface area (Å²) in [5.74, 6) is -25.0. The normalized spacial score (nSPS) is 18.7. The third kappa shape index (κ3) is 27.5. The standard InChI is InChI=1S/C26H38O16.C14H22O5.C7H14O2.2CH4/c1-3-12(20(29)30)5-14(22(33)34)7-16(24(37)38)9-18(26(41)42)10-17(25(39)40)8-15(23(35)36)6-13(21(31)32)4-11(2)19(27)28;1-4-9(3)14(17)19-12-7-6-10(8-11(12)15)18-13(16)5-2;1-5-7(2,3)6(8)9-4;;/h11-18H,3-10H2,1-2H3,(H,27,28)(H,29,30)(H,31,32)(H,33,34)(H,35,36)(H,37,38)(H,39,40)(H,41,42);5,9-12,15H,2,4,6-8H2,1,3H3;5H2,1-4H3;2*1H4. The van der Waals surface area contributed by atoms with Gasteiger partial charge in [0.25, 0.3) is 0 Å². The van der Waals surface area contributed by atoms with Gasteiger partial charge < -0.3 is 60.2 Å². The highest BCUT2D eigenvalue weighted by molar-refractivity contribution is 5.81. The molecule has 0 radical (unpaired) electrons. The van der Waals surface area contributed by atoms with Gasteiger partial charge in [-0.05, 0) is 90.9 Å². The molecule has 416 valence electrons. The summed E-state index contributed by atoms with van der Waals surface area (Å²) >= 11 is 0. The first-order chi connectivity index (χ1) is 32.3. The molecule has 0 bridgehead atoms. The van der Waals surface area contributed by atoms with E-state index in [0.717, 1.165) is 12.5 Å². The fourth-order valence-electron chi connectivity index (χ4n) is 7.21. The molecular formula is C49H82O23. The molecule has 72 heavy (non-hydrogen) atoms. The average molecular weight is 1040 g/mol. The van der Waals surface area contributed by atoms with E-state index in [0.29, 0.717) is 19.3 Å². The van der Waals surface area contributed by atoms with Crippen molar-refractivity contribution in [3.05, 3.63) is 12.7 Å². The van der Waals surface area contributed by atoms with Gasteiger partial charge in [-0.2, -0.15) is 0 Å². The smallest absolute Gasteiger partial charge is 0.330 e. The van der Waals surface area contributed by atoms with E-state index in [1.165, 1.54) is 21.0 Å². The Hall–Kier alpha value is -6.13. The Morgan fingerprint density at radius 1 is 0.542 bits per heavy atom. The predicted octanol–water partition coefficient (Wildman–Crippen LogP) is 6.21. The van der Waals surface area contributed by atoms with Crippen LogP contribution in [0.2, 0.25) is 0 Å². The number of aliphatic hydroxyl groups excluding tert-OH is 1. The number of hydrogen-bond donors (Lipinski definition) is 9. The van der Waals surface area contributed by atoms with Crippen molar-refractivity contribution in [1.29, 1.82) is 0 Å². The van der Waals surface area contributed by atoms with Gasteiger partial charge in [0.1, 0.15) is 12.2 Å². The van der Waals surface area contributed by atoms with Gasteiger partial charge in [-0.25, -0.2) is 4.79 Å². The third-order valence-electron chi connectivity index (χ3n) is 12.5. The molecule has 12 atom stereocenters. The van der Waals surface area contributed by atoms with E-state index in [4.69, 9.17) is 14.6 Å². The Morgan fingerprint density at radius 2 is 0.889 bits per heavy atom. The summed E-state index contributed by atoms with van der Waals surface area (Å²) in [7, 11) is 1.42. The van der Waals surface area contributed by atoms with Crippen LogP contribution in [0.5, 0.6) is 0 Å². The largest absolute Gasteiger partial charge is 0.481 e. The summed E-state index contributed by atoms with van der Waals surface area (Å²) < 4.78 is 14.9. The van der Waals surface area contributed by atoms with Crippen LogP contribution in [-0.4, -0.2) is 137 Å². The number of aliphatic carboxylic acids is 8. The predicted molar refractivity (Wildman–Crippen MR) is 256 cm³/mol. The number of carboxylic acid groups (broad SMARTS) is 8. The van der Waals surface area contributed by atoms with Crippen LogP contribution in [0.1, 0.15) is 147 Å². The molecule has 9 N–H and O–H groups in total. The van der Waals surface area contributed by atoms with Crippen LogP contribution in [0, 0.1) is 58.7 Å². The van der Waals surface area contributed by atoms with E-state index in [-0.39, 0.29) is 57.1 Å². The molecule has 0 aliphatic heterocycles. The second-order valence-electron chi connectivity index (χ2n) is 18.2. The molecule has 23 nitrogen and oxygen atoms in total. The molecule has 0 spiro atoms. The van der Waals surface area contributed by atoms with Crippen LogP contribution >= 0.6 is 0 Å². The van der Waals surface area contributed by atoms with Gasteiger partial charge >= 0.3 is 65.7 Å². The number of carboxylic acids is 8. The zero-order valence-electron chi connectivity index (χ0n) is 41.1. The molecule has 0 aromatic heterocycles. The van der Waals surface area contributed by atoms with Gasteiger partial charge in [-0.15, -0.1) is 0 Å². The van der Waals surface area contributed by atoms with Crippen LogP contribution in [0.4, 0.5) is 0 Å². The summed E-state index contributed by atoms with van der Waals surface area (Å²) in [4.78, 5) is 127. The molecule has 1 rings (SSSR count). The van der Waals surface area contributed by atoms with Crippen molar-refractivity contribution in [2.24, 2.45) is 58.7 Å². The molecule has 1 aliphatic rings. The summed E-state index contributed by atoms with van der Waals surface area (Å²) in [6.07, 6.45) is -2.00. The number of rotatable bonds is 30. The van der Waals surface area contributed by atoms with Crippen LogP contribution in [-0.2, 0) is 67.0 Å². The lowest BCUT2D eigenvalue weighted by Crippen LogP contribution is -2.41. The molecular weight excluding hydrogens is 957 g/mol. The van der Waals surface area contributed by atoms with E-state index in [1.807, 2.05) is 27.7 Å². The number of hydrogen-bond acceptors (Lipinski definition) is 15. The van der Waals surface area contributed by atoms with Crippen LogP contribution in [0.15, 0.2) is 12.7 Å². The van der Waals surface area contributed by atoms with Crippen LogP contribution < -0.4 is 0 Å². The number of esters is 3. The SMILES string of the molecule is C.C.C=CC(=O)OC1CCC(OC(=O)C(C)CC)C(O)C1.CCC(C)(C)C(=O)OC.CCC(CC(CC(CC(CC(CC(CC(CC(C)C(=O)O)C(=O)O)C(=O)O)C(=O)O)C(=O)O)C(=O)O)C(=O)O)C(=O)O. The molecule has 12 unspecified atom stereocenters. The second-order valence-corrected chi connectivity index (χ2v) is 18.2. The molecule has 0 heterocycles. The highest BCUT2D eigenvalue weighted by Crippen LogP contribution is 2.33. The molecule has 0 amide bonds.